The molecule has 0 spiro atoms. The average molecular weight is 323 g/mol. The minimum Gasteiger partial charge on any atom is -0.326 e. The predicted octanol–water partition coefficient (Wildman–Crippen LogP) is 4.02. The first kappa shape index (κ1) is 16.9. The molecule has 1 saturated carbocycles. The summed E-state index contributed by atoms with van der Waals surface area (Å²) in [4.78, 5) is 0. The van der Waals surface area contributed by atoms with Crippen LogP contribution in [0.1, 0.15) is 52.9 Å². The van der Waals surface area contributed by atoms with Crippen molar-refractivity contribution in [1.29, 1.82) is 0 Å². The molecule has 0 aromatic carbocycles. The van der Waals surface area contributed by atoms with E-state index in [2.05, 4.69) is 50.0 Å². The molecule has 8 atom stereocenters. The second-order valence-corrected chi connectivity index (χ2v) is 9.29. The first-order valence-corrected chi connectivity index (χ1v) is 10.4. The van der Waals surface area contributed by atoms with Crippen molar-refractivity contribution < 1.29 is 0 Å². The number of fused-ring (bicyclic) bond motifs is 1. The standard InChI is InChI=1S/C19H34N2S/c1-12-8-9-15(10-13(12)2)11-22-19-17-7-5-4-6-16(17)18(20)14(3)21-19/h8-9,12-19,21H,4-7,10-11,20H2,1-3H3/t12?,13?,14?,15?,16?,17?,18-,19?/m0/s1. The molecule has 3 aliphatic rings. The van der Waals surface area contributed by atoms with Gasteiger partial charge in [-0.2, -0.15) is 0 Å². The summed E-state index contributed by atoms with van der Waals surface area (Å²) >= 11 is 2.18. The molecule has 0 amide bonds. The second kappa shape index (κ2) is 7.27. The van der Waals surface area contributed by atoms with Gasteiger partial charge in [-0.05, 0) is 55.8 Å². The highest BCUT2D eigenvalue weighted by Crippen LogP contribution is 2.42. The van der Waals surface area contributed by atoms with Gasteiger partial charge in [0.25, 0.3) is 0 Å². The fourth-order valence-corrected chi connectivity index (χ4v) is 6.32. The maximum atomic E-state index is 6.48. The van der Waals surface area contributed by atoms with E-state index in [1.54, 1.807) is 0 Å². The highest BCUT2D eigenvalue weighted by atomic mass is 32.2. The molecular formula is C19H34N2S. The van der Waals surface area contributed by atoms with Gasteiger partial charge in [-0.15, -0.1) is 11.8 Å². The Labute approximate surface area is 141 Å². The molecule has 3 heteroatoms. The van der Waals surface area contributed by atoms with Gasteiger partial charge in [-0.25, -0.2) is 0 Å². The van der Waals surface area contributed by atoms with Crippen LogP contribution in [-0.4, -0.2) is 23.2 Å². The van der Waals surface area contributed by atoms with Crippen molar-refractivity contribution in [2.45, 2.75) is 70.3 Å². The summed E-state index contributed by atoms with van der Waals surface area (Å²) in [5, 5.41) is 4.47. The average Bonchev–Trinajstić information content (AvgIpc) is 2.53. The van der Waals surface area contributed by atoms with Gasteiger partial charge in [0.05, 0.1) is 5.37 Å². The van der Waals surface area contributed by atoms with Crippen molar-refractivity contribution in [2.24, 2.45) is 35.3 Å². The van der Waals surface area contributed by atoms with Crippen LogP contribution in [0, 0.1) is 29.6 Å². The molecule has 2 fully saturated rings. The van der Waals surface area contributed by atoms with Gasteiger partial charge in [0.2, 0.25) is 0 Å². The molecule has 0 aromatic rings. The van der Waals surface area contributed by atoms with Gasteiger partial charge in [-0.3, -0.25) is 0 Å². The fraction of sp³-hybridized carbons (Fsp3) is 0.895. The predicted molar refractivity (Wildman–Crippen MR) is 97.8 cm³/mol. The van der Waals surface area contributed by atoms with Crippen molar-refractivity contribution in [2.75, 3.05) is 5.75 Å². The summed E-state index contributed by atoms with van der Waals surface area (Å²) in [5.74, 6) is 5.19. The van der Waals surface area contributed by atoms with Crippen LogP contribution in [0.2, 0.25) is 0 Å². The largest absolute Gasteiger partial charge is 0.326 e. The lowest BCUT2D eigenvalue weighted by molar-refractivity contribution is 0.120. The highest BCUT2D eigenvalue weighted by Gasteiger charge is 2.42. The first-order valence-electron chi connectivity index (χ1n) is 9.38. The first-order chi connectivity index (χ1) is 10.6. The Kier molecular flexibility index (Phi) is 5.57. The quantitative estimate of drug-likeness (QED) is 0.771. The number of nitrogens with one attached hydrogen (secondary N) is 1. The number of allylic oxidation sites excluding steroid dienone is 2. The monoisotopic (exact) mass is 322 g/mol. The number of nitrogens with two attached hydrogens (primary N) is 1. The molecule has 22 heavy (non-hydrogen) atoms. The lowest BCUT2D eigenvalue weighted by Gasteiger charge is -2.48. The maximum Gasteiger partial charge on any atom is 0.0566 e. The number of hydrogen-bond acceptors (Lipinski definition) is 3. The highest BCUT2D eigenvalue weighted by molar-refractivity contribution is 7.99. The van der Waals surface area contributed by atoms with Crippen LogP contribution in [0.4, 0.5) is 0 Å². The third-order valence-electron chi connectivity index (χ3n) is 6.51. The number of hydrogen-bond donors (Lipinski definition) is 2. The van der Waals surface area contributed by atoms with E-state index in [9.17, 15) is 0 Å². The molecule has 2 aliphatic carbocycles. The topological polar surface area (TPSA) is 38.0 Å². The van der Waals surface area contributed by atoms with Gasteiger partial charge in [-0.1, -0.05) is 38.8 Å². The van der Waals surface area contributed by atoms with Crippen molar-refractivity contribution in [3.63, 3.8) is 0 Å². The molecule has 3 rings (SSSR count). The Bertz CT molecular complexity index is 397. The van der Waals surface area contributed by atoms with Gasteiger partial charge >= 0.3 is 0 Å². The van der Waals surface area contributed by atoms with E-state index in [1.807, 2.05) is 0 Å². The van der Waals surface area contributed by atoms with Gasteiger partial charge in [0, 0.05) is 17.8 Å². The molecule has 7 unspecified atom stereocenters. The van der Waals surface area contributed by atoms with E-state index < -0.39 is 0 Å². The summed E-state index contributed by atoms with van der Waals surface area (Å²) in [6, 6.07) is 0.829. The Morgan fingerprint density at radius 1 is 1.09 bits per heavy atom. The Morgan fingerprint density at radius 2 is 1.82 bits per heavy atom. The third-order valence-corrected chi connectivity index (χ3v) is 7.98. The molecule has 0 bridgehead atoms. The summed E-state index contributed by atoms with van der Waals surface area (Å²) < 4.78 is 0. The molecule has 3 N–H and O–H groups in total. The summed E-state index contributed by atoms with van der Waals surface area (Å²) in [7, 11) is 0. The zero-order valence-electron chi connectivity index (χ0n) is 14.5. The van der Waals surface area contributed by atoms with E-state index in [1.165, 1.54) is 37.9 Å². The van der Waals surface area contributed by atoms with E-state index in [-0.39, 0.29) is 0 Å². The number of piperidine rings is 1. The van der Waals surface area contributed by atoms with E-state index in [0.29, 0.717) is 17.5 Å². The molecule has 2 nitrogen and oxygen atoms in total. The zero-order valence-corrected chi connectivity index (χ0v) is 15.3. The van der Waals surface area contributed by atoms with Crippen LogP contribution in [0.25, 0.3) is 0 Å². The molecule has 126 valence electrons. The lowest BCUT2D eigenvalue weighted by Crippen LogP contribution is -2.61. The molecule has 0 aromatic heterocycles. The van der Waals surface area contributed by atoms with E-state index >= 15 is 0 Å². The fourth-order valence-electron chi connectivity index (χ4n) is 4.72. The van der Waals surface area contributed by atoms with Crippen LogP contribution >= 0.6 is 11.8 Å². The maximum absolute atomic E-state index is 6.48. The third kappa shape index (κ3) is 3.57. The van der Waals surface area contributed by atoms with Crippen molar-refractivity contribution in [1.82, 2.24) is 5.32 Å². The molecular weight excluding hydrogens is 288 g/mol. The SMILES string of the molecule is CC1C=CC(CSC2NC(C)[C@H](N)C3CCCCC23)CC1C. The Morgan fingerprint density at radius 3 is 2.55 bits per heavy atom. The molecule has 0 radical (unpaired) electrons. The van der Waals surface area contributed by atoms with Crippen molar-refractivity contribution in [3.05, 3.63) is 12.2 Å². The molecule has 1 heterocycles. The lowest BCUT2D eigenvalue weighted by atomic mass is 9.71. The summed E-state index contributed by atoms with van der Waals surface area (Å²) in [6.45, 7) is 7.04. The summed E-state index contributed by atoms with van der Waals surface area (Å²) in [6.07, 6.45) is 11.8. The minimum absolute atomic E-state index is 0.359. The van der Waals surface area contributed by atoms with Gasteiger partial charge in [0.15, 0.2) is 0 Å². The van der Waals surface area contributed by atoms with Crippen LogP contribution in [0.3, 0.4) is 0 Å². The van der Waals surface area contributed by atoms with E-state index in [0.717, 1.165) is 29.6 Å². The normalized spacial score (nSPS) is 48.9. The van der Waals surface area contributed by atoms with Crippen molar-refractivity contribution >= 4 is 11.8 Å². The van der Waals surface area contributed by atoms with Gasteiger partial charge in [0.1, 0.15) is 0 Å². The van der Waals surface area contributed by atoms with Crippen LogP contribution in [0.5, 0.6) is 0 Å². The Hall–Kier alpha value is 0.01000. The van der Waals surface area contributed by atoms with Crippen molar-refractivity contribution in [3.8, 4) is 0 Å². The van der Waals surface area contributed by atoms with Crippen LogP contribution < -0.4 is 11.1 Å². The van der Waals surface area contributed by atoms with Crippen LogP contribution in [0.15, 0.2) is 12.2 Å². The number of rotatable bonds is 3. The second-order valence-electron chi connectivity index (χ2n) is 8.12. The van der Waals surface area contributed by atoms with Crippen LogP contribution in [-0.2, 0) is 0 Å². The Balaban J connectivity index is 1.58. The van der Waals surface area contributed by atoms with E-state index in [4.69, 9.17) is 5.73 Å². The smallest absolute Gasteiger partial charge is 0.0566 e. The summed E-state index contributed by atoms with van der Waals surface area (Å²) in [5.41, 5.74) is 6.48. The number of thioether (sulfide) groups is 1. The zero-order chi connectivity index (χ0) is 15.7. The minimum atomic E-state index is 0.359. The molecule has 1 aliphatic heterocycles. The molecule has 1 saturated heterocycles. The van der Waals surface area contributed by atoms with Gasteiger partial charge < -0.3 is 11.1 Å².